The highest BCUT2D eigenvalue weighted by Crippen LogP contribution is 2.53. The summed E-state index contributed by atoms with van der Waals surface area (Å²) in [6.45, 7) is 6.86. The summed E-state index contributed by atoms with van der Waals surface area (Å²) >= 11 is 0. The van der Waals surface area contributed by atoms with E-state index in [0.717, 1.165) is 35.3 Å². The number of carbonyl (C=O) groups is 2. The minimum atomic E-state index is -5.00. The normalized spacial score (nSPS) is 24.1. The van der Waals surface area contributed by atoms with Crippen LogP contribution in [-0.4, -0.2) is 64.2 Å². The van der Waals surface area contributed by atoms with Gasteiger partial charge in [-0.2, -0.15) is 13.2 Å². The molecule has 1 amide bonds. The highest BCUT2D eigenvalue weighted by molar-refractivity contribution is 5.82. The van der Waals surface area contributed by atoms with Crippen LogP contribution >= 0.6 is 0 Å². The Labute approximate surface area is 251 Å². The van der Waals surface area contributed by atoms with Crippen molar-refractivity contribution in [3.05, 3.63) is 71.5 Å². The van der Waals surface area contributed by atoms with Crippen molar-refractivity contribution in [1.29, 1.82) is 0 Å². The molecule has 9 heteroatoms. The van der Waals surface area contributed by atoms with E-state index in [0.29, 0.717) is 38.8 Å². The number of benzene rings is 2. The third-order valence-corrected chi connectivity index (χ3v) is 10.2. The van der Waals surface area contributed by atoms with Crippen LogP contribution in [0.5, 0.6) is 0 Å². The number of halogens is 4. The topological polar surface area (TPSA) is 60.9 Å². The number of rotatable bonds is 9. The summed E-state index contributed by atoms with van der Waals surface area (Å²) in [7, 11) is 0. The summed E-state index contributed by atoms with van der Waals surface area (Å²) in [5.74, 6) is -3.76. The molecule has 5 rings (SSSR count). The monoisotopic (exact) mass is 602 g/mol. The van der Waals surface area contributed by atoms with Crippen LogP contribution in [-0.2, 0) is 16.0 Å². The molecular formula is C34H42F4N2O3. The molecule has 234 valence electrons. The molecule has 1 heterocycles. The van der Waals surface area contributed by atoms with E-state index in [1.165, 1.54) is 12.1 Å². The van der Waals surface area contributed by atoms with Gasteiger partial charge in [0.25, 0.3) is 0 Å². The lowest BCUT2D eigenvalue weighted by molar-refractivity contribution is -0.189. The summed E-state index contributed by atoms with van der Waals surface area (Å²) in [6, 6.07) is 14.8. The average Bonchev–Trinajstić information content (AvgIpc) is 3.71. The maximum absolute atomic E-state index is 14.0. The highest BCUT2D eigenvalue weighted by atomic mass is 19.4. The smallest absolute Gasteiger partial charge is 0.471 e. The van der Waals surface area contributed by atoms with Gasteiger partial charge in [-0.25, -0.2) is 4.39 Å². The van der Waals surface area contributed by atoms with Crippen LogP contribution in [0.1, 0.15) is 76.3 Å². The van der Waals surface area contributed by atoms with Gasteiger partial charge in [0.2, 0.25) is 0 Å². The van der Waals surface area contributed by atoms with Gasteiger partial charge in [0.05, 0.1) is 5.92 Å². The van der Waals surface area contributed by atoms with Gasteiger partial charge in [-0.15, -0.1) is 0 Å². The van der Waals surface area contributed by atoms with Crippen molar-refractivity contribution in [2.45, 2.75) is 89.4 Å². The lowest BCUT2D eigenvalue weighted by Crippen LogP contribution is -2.66. The standard InChI is InChI=1S/C34H42F4N2O3/c1-31(2,3)28(29(41)42)33(14-7-15-33)39-18-16-32(17-19-39,21-23-10-12-25(35)13-11-23)22-40(30(43)34(36,37)38)27-20-26(27)24-8-5-4-6-9-24/h4-6,8-13,26-28H,7,14-22H2,1-3H3,(H,41,42)/t26-,27+,28?/m0/s1. The largest absolute Gasteiger partial charge is 0.481 e. The van der Waals surface area contributed by atoms with E-state index in [4.69, 9.17) is 0 Å². The zero-order valence-corrected chi connectivity index (χ0v) is 25.2. The molecule has 3 atom stereocenters. The van der Waals surface area contributed by atoms with Gasteiger partial charge in [0.1, 0.15) is 5.82 Å². The first kappa shape index (κ1) is 31.5. The molecule has 1 unspecified atom stereocenters. The van der Waals surface area contributed by atoms with Crippen LogP contribution in [0, 0.1) is 22.6 Å². The first-order valence-electron chi connectivity index (χ1n) is 15.3. The third-order valence-electron chi connectivity index (χ3n) is 10.2. The van der Waals surface area contributed by atoms with E-state index < -0.39 is 46.4 Å². The molecule has 1 aliphatic heterocycles. The second kappa shape index (κ2) is 11.5. The van der Waals surface area contributed by atoms with Crippen molar-refractivity contribution in [3.8, 4) is 0 Å². The van der Waals surface area contributed by atoms with Gasteiger partial charge in [-0.1, -0.05) is 63.2 Å². The number of carboxylic acid groups (broad SMARTS) is 1. The van der Waals surface area contributed by atoms with Gasteiger partial charge in [-0.3, -0.25) is 14.5 Å². The van der Waals surface area contributed by atoms with Crippen molar-refractivity contribution in [3.63, 3.8) is 0 Å². The maximum atomic E-state index is 14.0. The third kappa shape index (κ3) is 6.47. The Kier molecular flexibility index (Phi) is 8.44. The van der Waals surface area contributed by atoms with E-state index in [1.54, 1.807) is 12.1 Å². The molecule has 0 bridgehead atoms. The Morgan fingerprint density at radius 2 is 1.58 bits per heavy atom. The number of likely N-dealkylation sites (tertiary alicyclic amines) is 1. The van der Waals surface area contributed by atoms with Gasteiger partial charge in [0, 0.05) is 24.0 Å². The fraction of sp³-hybridized carbons (Fsp3) is 0.588. The molecule has 2 aromatic carbocycles. The number of carbonyl (C=O) groups excluding carboxylic acids is 1. The van der Waals surface area contributed by atoms with Crippen molar-refractivity contribution in [1.82, 2.24) is 9.80 Å². The quantitative estimate of drug-likeness (QED) is 0.312. The first-order valence-corrected chi connectivity index (χ1v) is 15.3. The molecule has 2 saturated carbocycles. The Morgan fingerprint density at radius 1 is 0.977 bits per heavy atom. The summed E-state index contributed by atoms with van der Waals surface area (Å²) < 4.78 is 55.8. The number of piperidine rings is 1. The Bertz CT molecular complexity index is 1290. The molecule has 5 nitrogen and oxygen atoms in total. The van der Waals surface area contributed by atoms with Crippen LogP contribution in [0.3, 0.4) is 0 Å². The molecule has 2 aromatic rings. The minimum Gasteiger partial charge on any atom is -0.481 e. The zero-order chi connectivity index (χ0) is 31.2. The molecule has 0 aromatic heterocycles. The van der Waals surface area contributed by atoms with E-state index in [9.17, 15) is 32.3 Å². The van der Waals surface area contributed by atoms with E-state index >= 15 is 0 Å². The number of alkyl halides is 3. The van der Waals surface area contributed by atoms with Crippen LogP contribution in [0.15, 0.2) is 54.6 Å². The Morgan fingerprint density at radius 3 is 2.07 bits per heavy atom. The van der Waals surface area contributed by atoms with E-state index in [2.05, 4.69) is 4.90 Å². The Balaban J connectivity index is 1.44. The van der Waals surface area contributed by atoms with Crippen molar-refractivity contribution in [2.75, 3.05) is 19.6 Å². The second-order valence-corrected chi connectivity index (χ2v) is 14.1. The van der Waals surface area contributed by atoms with Crippen LogP contribution in [0.25, 0.3) is 0 Å². The van der Waals surface area contributed by atoms with E-state index in [1.807, 2.05) is 51.1 Å². The molecule has 1 N–H and O–H groups in total. The molecule has 43 heavy (non-hydrogen) atoms. The summed E-state index contributed by atoms with van der Waals surface area (Å²) in [5, 5.41) is 10.3. The van der Waals surface area contributed by atoms with E-state index in [-0.39, 0.29) is 18.3 Å². The fourth-order valence-corrected chi connectivity index (χ4v) is 8.03. The molecule has 1 saturated heterocycles. The predicted octanol–water partition coefficient (Wildman–Crippen LogP) is 7.07. The SMILES string of the molecule is CC(C)(C)C(C(=O)O)C1(N2CCC(Cc3ccc(F)cc3)(CN(C(=O)C(F)(F)F)[C@@H]3C[C@H]3c3ccccc3)CC2)CCC1. The lowest BCUT2D eigenvalue weighted by atomic mass is 9.58. The number of nitrogens with zero attached hydrogens (tertiary/aromatic N) is 2. The minimum absolute atomic E-state index is 0.0564. The number of aliphatic carboxylic acids is 1. The van der Waals surface area contributed by atoms with Gasteiger partial charge < -0.3 is 10.0 Å². The highest BCUT2D eigenvalue weighted by Gasteiger charge is 2.58. The fourth-order valence-electron chi connectivity index (χ4n) is 8.03. The number of hydrogen-bond acceptors (Lipinski definition) is 3. The molecular weight excluding hydrogens is 560 g/mol. The first-order chi connectivity index (χ1) is 20.2. The van der Waals surface area contributed by atoms with Crippen LogP contribution < -0.4 is 0 Å². The van der Waals surface area contributed by atoms with Crippen LogP contribution in [0.2, 0.25) is 0 Å². The average molecular weight is 603 g/mol. The van der Waals surface area contributed by atoms with Gasteiger partial charge in [-0.05, 0) is 92.1 Å². The number of carboxylic acids is 1. The molecule has 3 aliphatic rings. The van der Waals surface area contributed by atoms with Gasteiger partial charge >= 0.3 is 18.1 Å². The maximum Gasteiger partial charge on any atom is 0.471 e. The zero-order valence-electron chi connectivity index (χ0n) is 25.2. The summed E-state index contributed by atoms with van der Waals surface area (Å²) in [6.07, 6.45) is -0.635. The van der Waals surface area contributed by atoms with Crippen molar-refractivity contribution in [2.24, 2.45) is 16.7 Å². The Hall–Kier alpha value is -2.94. The lowest BCUT2D eigenvalue weighted by Gasteiger charge is -2.59. The molecule has 0 radical (unpaired) electrons. The van der Waals surface area contributed by atoms with Crippen molar-refractivity contribution >= 4 is 11.9 Å². The number of amides is 1. The number of hydrogen-bond donors (Lipinski definition) is 1. The summed E-state index contributed by atoms with van der Waals surface area (Å²) in [5.41, 5.74) is 0.0840. The van der Waals surface area contributed by atoms with Crippen LogP contribution in [0.4, 0.5) is 17.6 Å². The second-order valence-electron chi connectivity index (χ2n) is 14.1. The summed E-state index contributed by atoms with van der Waals surface area (Å²) in [4.78, 5) is 28.9. The van der Waals surface area contributed by atoms with Gasteiger partial charge in [0.15, 0.2) is 0 Å². The molecule has 3 fully saturated rings. The molecule has 0 spiro atoms. The molecule has 2 aliphatic carbocycles. The predicted molar refractivity (Wildman–Crippen MR) is 156 cm³/mol. The van der Waals surface area contributed by atoms with Crippen molar-refractivity contribution < 1.29 is 32.3 Å².